The van der Waals surface area contributed by atoms with E-state index < -0.39 is 5.97 Å². The summed E-state index contributed by atoms with van der Waals surface area (Å²) in [4.78, 5) is 11.8. The Morgan fingerprint density at radius 3 is 2.45 bits per heavy atom. The average molecular weight is 302 g/mol. The zero-order valence-electron chi connectivity index (χ0n) is 12.2. The van der Waals surface area contributed by atoms with E-state index in [0.717, 1.165) is 0 Å². The van der Waals surface area contributed by atoms with E-state index in [9.17, 15) is 14.3 Å². The summed E-state index contributed by atoms with van der Waals surface area (Å²) >= 11 is 0. The summed E-state index contributed by atoms with van der Waals surface area (Å²) < 4.78 is 23.3. The van der Waals surface area contributed by atoms with Crippen LogP contribution < -0.4 is 4.74 Å². The van der Waals surface area contributed by atoms with Crippen LogP contribution in [0.15, 0.2) is 36.4 Å². The van der Waals surface area contributed by atoms with E-state index in [4.69, 9.17) is 4.74 Å². The Labute approximate surface area is 127 Å². The number of ether oxygens (including phenoxy) is 2. The van der Waals surface area contributed by atoms with Gasteiger partial charge in [-0.25, -0.2) is 9.18 Å². The molecule has 114 valence electrons. The van der Waals surface area contributed by atoms with Crippen molar-refractivity contribution in [3.8, 4) is 11.5 Å². The third-order valence-corrected chi connectivity index (χ3v) is 3.09. The highest BCUT2D eigenvalue weighted by Gasteiger charge is 2.17. The molecule has 0 spiro atoms. The third kappa shape index (κ3) is 3.25. The van der Waals surface area contributed by atoms with Crippen LogP contribution in [-0.4, -0.2) is 25.3 Å². The molecule has 0 aliphatic heterocycles. The van der Waals surface area contributed by atoms with Crippen molar-refractivity contribution < 1.29 is 23.8 Å². The van der Waals surface area contributed by atoms with Crippen LogP contribution in [0, 0.1) is 5.82 Å². The molecule has 4 nitrogen and oxygen atoms in total. The molecule has 0 unspecified atom stereocenters. The van der Waals surface area contributed by atoms with Crippen LogP contribution in [0.1, 0.15) is 21.5 Å². The summed E-state index contributed by atoms with van der Waals surface area (Å²) in [5, 5.41) is 9.97. The second kappa shape index (κ2) is 6.76. The van der Waals surface area contributed by atoms with Gasteiger partial charge in [-0.15, -0.1) is 0 Å². The van der Waals surface area contributed by atoms with Crippen molar-refractivity contribution >= 4 is 18.1 Å². The van der Waals surface area contributed by atoms with Gasteiger partial charge in [0.15, 0.2) is 0 Å². The molecule has 0 bridgehead atoms. The normalized spacial score (nSPS) is 10.7. The highest BCUT2D eigenvalue weighted by Crippen LogP contribution is 2.30. The van der Waals surface area contributed by atoms with E-state index in [0.29, 0.717) is 16.9 Å². The highest BCUT2D eigenvalue weighted by molar-refractivity contribution is 5.98. The van der Waals surface area contributed by atoms with E-state index in [1.165, 1.54) is 38.5 Å². The van der Waals surface area contributed by atoms with Crippen molar-refractivity contribution in [3.05, 3.63) is 58.9 Å². The van der Waals surface area contributed by atoms with Crippen molar-refractivity contribution in [2.45, 2.75) is 0 Å². The van der Waals surface area contributed by atoms with Crippen LogP contribution in [0.2, 0.25) is 0 Å². The largest absolute Gasteiger partial charge is 0.507 e. The van der Waals surface area contributed by atoms with E-state index in [2.05, 4.69) is 4.74 Å². The first-order chi connectivity index (χ1) is 10.6. The van der Waals surface area contributed by atoms with Gasteiger partial charge in [-0.05, 0) is 17.7 Å². The Balaban J connectivity index is 2.51. The maximum atomic E-state index is 13.6. The first-order valence-electron chi connectivity index (χ1n) is 6.48. The fourth-order valence-electron chi connectivity index (χ4n) is 1.99. The number of hydrogen-bond donors (Lipinski definition) is 1. The standard InChI is InChI=1S/C17H15FO4/c1-21-13-9-12(16(15(19)10-13)17(20)22-2)8-7-11-5-3-4-6-14(11)18/h3-10,19H,1-2H3/b8-7+. The summed E-state index contributed by atoms with van der Waals surface area (Å²) in [6, 6.07) is 9.10. The van der Waals surface area contributed by atoms with Crippen LogP contribution in [0.4, 0.5) is 4.39 Å². The molecule has 0 heterocycles. The number of aromatic hydroxyl groups is 1. The Kier molecular flexibility index (Phi) is 4.78. The minimum Gasteiger partial charge on any atom is -0.507 e. The first-order valence-corrected chi connectivity index (χ1v) is 6.48. The maximum absolute atomic E-state index is 13.6. The topological polar surface area (TPSA) is 55.8 Å². The van der Waals surface area contributed by atoms with E-state index >= 15 is 0 Å². The van der Waals surface area contributed by atoms with Crippen molar-refractivity contribution in [3.63, 3.8) is 0 Å². The molecule has 0 aromatic heterocycles. The van der Waals surface area contributed by atoms with Gasteiger partial charge in [0.2, 0.25) is 0 Å². The lowest BCUT2D eigenvalue weighted by Crippen LogP contribution is -2.04. The SMILES string of the molecule is COC(=O)c1c(O)cc(OC)cc1/C=C/c1ccccc1F. The number of carbonyl (C=O) groups is 1. The van der Waals surface area contributed by atoms with Gasteiger partial charge in [0.05, 0.1) is 14.2 Å². The second-order valence-electron chi connectivity index (χ2n) is 4.46. The van der Waals surface area contributed by atoms with Gasteiger partial charge in [0, 0.05) is 11.6 Å². The molecule has 0 fully saturated rings. The zero-order valence-corrected chi connectivity index (χ0v) is 12.2. The molecule has 2 rings (SSSR count). The number of carbonyl (C=O) groups excluding carboxylic acids is 1. The molecular formula is C17H15FO4. The first kappa shape index (κ1) is 15.6. The van der Waals surface area contributed by atoms with Gasteiger partial charge < -0.3 is 14.6 Å². The van der Waals surface area contributed by atoms with Gasteiger partial charge in [0.25, 0.3) is 0 Å². The summed E-state index contributed by atoms with van der Waals surface area (Å²) in [5.41, 5.74) is 0.725. The van der Waals surface area contributed by atoms with Crippen molar-refractivity contribution in [2.24, 2.45) is 0 Å². The molecule has 0 radical (unpaired) electrons. The number of phenols is 1. The van der Waals surface area contributed by atoms with E-state index in [1.807, 2.05) is 0 Å². The number of phenolic OH excluding ortho intramolecular Hbond substituents is 1. The zero-order chi connectivity index (χ0) is 16.1. The summed E-state index contributed by atoms with van der Waals surface area (Å²) in [5.74, 6) is -0.962. The lowest BCUT2D eigenvalue weighted by atomic mass is 10.0. The third-order valence-electron chi connectivity index (χ3n) is 3.09. The van der Waals surface area contributed by atoms with Crippen LogP contribution in [0.3, 0.4) is 0 Å². The lowest BCUT2D eigenvalue weighted by molar-refractivity contribution is 0.0597. The molecule has 22 heavy (non-hydrogen) atoms. The van der Waals surface area contributed by atoms with Gasteiger partial charge in [-0.3, -0.25) is 0 Å². The quantitative estimate of drug-likeness (QED) is 0.694. The molecular weight excluding hydrogens is 287 g/mol. The fraction of sp³-hybridized carbons (Fsp3) is 0.118. The lowest BCUT2D eigenvalue weighted by Gasteiger charge is -2.09. The minimum atomic E-state index is -0.687. The molecule has 5 heteroatoms. The van der Waals surface area contributed by atoms with Crippen LogP contribution in [0.5, 0.6) is 11.5 Å². The Bertz CT molecular complexity index is 723. The predicted octanol–water partition coefficient (Wildman–Crippen LogP) is 3.50. The molecule has 0 aliphatic rings. The van der Waals surface area contributed by atoms with Crippen molar-refractivity contribution in [1.29, 1.82) is 0 Å². The van der Waals surface area contributed by atoms with Gasteiger partial charge in [0.1, 0.15) is 22.9 Å². The molecule has 2 aromatic rings. The summed E-state index contributed by atoms with van der Waals surface area (Å²) in [6.45, 7) is 0. The number of rotatable bonds is 4. The van der Waals surface area contributed by atoms with Gasteiger partial charge in [-0.2, -0.15) is 0 Å². The molecule has 2 aromatic carbocycles. The smallest absolute Gasteiger partial charge is 0.342 e. The molecule has 0 amide bonds. The fourth-order valence-corrected chi connectivity index (χ4v) is 1.99. The monoisotopic (exact) mass is 302 g/mol. The molecule has 0 saturated heterocycles. The summed E-state index contributed by atoms with van der Waals surface area (Å²) in [7, 11) is 2.66. The number of esters is 1. The highest BCUT2D eigenvalue weighted by atomic mass is 19.1. The molecule has 1 N–H and O–H groups in total. The van der Waals surface area contributed by atoms with Crippen LogP contribution in [0.25, 0.3) is 12.2 Å². The van der Waals surface area contributed by atoms with Crippen LogP contribution in [-0.2, 0) is 4.74 Å². The molecule has 0 aliphatic carbocycles. The minimum absolute atomic E-state index is 0.00381. The van der Waals surface area contributed by atoms with E-state index in [-0.39, 0.29) is 17.1 Å². The Hall–Kier alpha value is -2.82. The number of halogens is 1. The number of benzene rings is 2. The average Bonchev–Trinajstić information content (AvgIpc) is 2.52. The van der Waals surface area contributed by atoms with E-state index in [1.54, 1.807) is 24.3 Å². The van der Waals surface area contributed by atoms with Crippen LogP contribution >= 0.6 is 0 Å². The molecule has 0 saturated carbocycles. The second-order valence-corrected chi connectivity index (χ2v) is 4.46. The van der Waals surface area contributed by atoms with Crippen molar-refractivity contribution in [2.75, 3.05) is 14.2 Å². The molecule has 0 atom stereocenters. The Morgan fingerprint density at radius 1 is 1.14 bits per heavy atom. The summed E-state index contributed by atoms with van der Waals surface area (Å²) in [6.07, 6.45) is 3.03. The number of methoxy groups -OCH3 is 2. The Morgan fingerprint density at radius 2 is 1.82 bits per heavy atom. The van der Waals surface area contributed by atoms with Gasteiger partial charge in [-0.1, -0.05) is 30.4 Å². The maximum Gasteiger partial charge on any atom is 0.342 e. The predicted molar refractivity (Wildman–Crippen MR) is 81.3 cm³/mol. The van der Waals surface area contributed by atoms with Gasteiger partial charge >= 0.3 is 5.97 Å². The number of hydrogen-bond acceptors (Lipinski definition) is 4. The van der Waals surface area contributed by atoms with Crippen molar-refractivity contribution in [1.82, 2.24) is 0 Å².